The number of rotatable bonds is 8. The summed E-state index contributed by atoms with van der Waals surface area (Å²) in [7, 11) is 0. The number of ether oxygens (including phenoxy) is 3. The summed E-state index contributed by atoms with van der Waals surface area (Å²) in [5, 5.41) is 9.20. The van der Waals surface area contributed by atoms with Crippen LogP contribution in [0.1, 0.15) is 98.6 Å². The largest absolute Gasteiger partial charge is 0.492 e. The highest BCUT2D eigenvalue weighted by Gasteiger charge is 2.29. The summed E-state index contributed by atoms with van der Waals surface area (Å²) in [5.74, 6) is 2.02. The third-order valence-corrected chi connectivity index (χ3v) is 12.1. The number of hydrogen-bond donors (Lipinski definition) is 3. The van der Waals surface area contributed by atoms with Gasteiger partial charge in [-0.1, -0.05) is 49.1 Å². The molecule has 2 fully saturated rings. The van der Waals surface area contributed by atoms with Gasteiger partial charge in [0.25, 0.3) is 11.8 Å². The van der Waals surface area contributed by atoms with Gasteiger partial charge in [0, 0.05) is 65.2 Å². The van der Waals surface area contributed by atoms with Crippen molar-refractivity contribution in [3.8, 4) is 11.5 Å². The normalized spacial score (nSPS) is 19.6. The molecule has 0 atom stereocenters. The van der Waals surface area contributed by atoms with Crippen LogP contribution in [0.3, 0.4) is 0 Å². The van der Waals surface area contributed by atoms with Crippen LogP contribution in [0.15, 0.2) is 72.8 Å². The number of fused-ring (bicyclic) bond motifs is 3. The minimum Gasteiger partial charge on any atom is -0.492 e. The monoisotopic (exact) mass is 828 g/mol. The number of halogens is 1. The van der Waals surface area contributed by atoms with Crippen LogP contribution in [0.4, 0.5) is 17.1 Å². The number of amides is 3. The Morgan fingerprint density at radius 3 is 2.35 bits per heavy atom. The van der Waals surface area contributed by atoms with Gasteiger partial charge in [-0.15, -0.1) is 0 Å². The first kappa shape index (κ1) is 41.3. The van der Waals surface area contributed by atoms with Crippen LogP contribution in [-0.4, -0.2) is 67.7 Å². The summed E-state index contributed by atoms with van der Waals surface area (Å²) < 4.78 is 17.8. The van der Waals surface area contributed by atoms with Crippen LogP contribution in [0, 0.1) is 0 Å². The van der Waals surface area contributed by atoms with Gasteiger partial charge in [-0.2, -0.15) is 0 Å². The molecule has 4 aliphatic heterocycles. The quantitative estimate of drug-likeness (QED) is 0.151. The van der Waals surface area contributed by atoms with Gasteiger partial charge in [-0.3, -0.25) is 19.3 Å². The molecule has 5 aliphatic rings. The van der Waals surface area contributed by atoms with E-state index in [0.29, 0.717) is 40.1 Å². The Kier molecular flexibility index (Phi) is 12.4. The second-order valence-electron chi connectivity index (χ2n) is 16.8. The molecule has 0 unspecified atom stereocenters. The molecule has 0 bridgehead atoms. The van der Waals surface area contributed by atoms with E-state index < -0.39 is 0 Å². The van der Waals surface area contributed by atoms with E-state index in [0.717, 1.165) is 85.1 Å². The molecule has 4 aromatic rings. The molecule has 312 valence electrons. The number of carbonyl (C=O) groups is 3. The van der Waals surface area contributed by atoms with Gasteiger partial charge in [-0.05, 0) is 134 Å². The van der Waals surface area contributed by atoms with Gasteiger partial charge < -0.3 is 30.2 Å². The maximum absolute atomic E-state index is 12.8. The number of benzene rings is 4. The van der Waals surface area contributed by atoms with Crippen molar-refractivity contribution in [2.45, 2.75) is 77.2 Å². The molecule has 3 N–H and O–H groups in total. The predicted molar refractivity (Wildman–Crippen MR) is 240 cm³/mol. The van der Waals surface area contributed by atoms with Crippen LogP contribution in [0.2, 0.25) is 5.02 Å². The molecular weight excluding hydrogens is 776 g/mol. The van der Waals surface area contributed by atoms with Crippen molar-refractivity contribution >= 4 is 69.7 Å². The minimum absolute atomic E-state index is 0.0950. The molecule has 1 saturated heterocycles. The molecular formula is C49H53ClN4O6. The van der Waals surface area contributed by atoms with Crippen molar-refractivity contribution in [1.82, 2.24) is 4.90 Å². The van der Waals surface area contributed by atoms with E-state index in [9.17, 15) is 14.4 Å². The van der Waals surface area contributed by atoms with Crippen molar-refractivity contribution in [3.05, 3.63) is 111 Å². The number of hydrogen-bond acceptors (Lipinski definition) is 7. The van der Waals surface area contributed by atoms with Crippen molar-refractivity contribution in [2.75, 3.05) is 55.4 Å². The Balaban J connectivity index is 0.000000180. The number of morpholine rings is 1. The third-order valence-electron chi connectivity index (χ3n) is 11.8. The zero-order chi connectivity index (χ0) is 41.8. The molecule has 1 saturated carbocycles. The van der Waals surface area contributed by atoms with E-state index in [2.05, 4.69) is 52.9 Å². The van der Waals surface area contributed by atoms with E-state index in [1.54, 1.807) is 12.1 Å². The first-order valence-corrected chi connectivity index (χ1v) is 21.5. The summed E-state index contributed by atoms with van der Waals surface area (Å²) in [5.41, 5.74) is 9.48. The Labute approximate surface area is 357 Å². The lowest BCUT2D eigenvalue weighted by atomic mass is 9.83. The maximum atomic E-state index is 12.8. The summed E-state index contributed by atoms with van der Waals surface area (Å²) in [4.78, 5) is 38.9. The fourth-order valence-electron chi connectivity index (χ4n) is 8.65. The lowest BCUT2D eigenvalue weighted by molar-refractivity contribution is -0.114. The van der Waals surface area contributed by atoms with Crippen LogP contribution in [0.5, 0.6) is 11.5 Å². The van der Waals surface area contributed by atoms with Gasteiger partial charge in [-0.25, -0.2) is 0 Å². The Hall–Kier alpha value is -5.42. The van der Waals surface area contributed by atoms with Crippen molar-refractivity contribution < 1.29 is 28.6 Å². The number of nitrogens with one attached hydrogen (secondary N) is 3. The lowest BCUT2D eigenvalue weighted by Gasteiger charge is -2.32. The molecule has 60 heavy (non-hydrogen) atoms. The number of anilines is 3. The van der Waals surface area contributed by atoms with Gasteiger partial charge in [0.2, 0.25) is 5.91 Å². The lowest BCUT2D eigenvalue weighted by Crippen LogP contribution is -2.38. The second-order valence-corrected chi connectivity index (χ2v) is 17.3. The van der Waals surface area contributed by atoms with Crippen LogP contribution < -0.4 is 25.4 Å². The predicted octanol–water partition coefficient (Wildman–Crippen LogP) is 9.83. The molecule has 0 aromatic heterocycles. The van der Waals surface area contributed by atoms with E-state index in [-0.39, 0.29) is 23.3 Å². The van der Waals surface area contributed by atoms with Gasteiger partial charge >= 0.3 is 0 Å². The van der Waals surface area contributed by atoms with Crippen molar-refractivity contribution in [1.29, 1.82) is 0 Å². The smallest absolute Gasteiger partial charge is 0.256 e. The Morgan fingerprint density at radius 1 is 0.867 bits per heavy atom. The van der Waals surface area contributed by atoms with Crippen LogP contribution in [-0.2, 0) is 25.5 Å². The van der Waals surface area contributed by atoms with Crippen molar-refractivity contribution in [3.63, 3.8) is 0 Å². The summed E-state index contributed by atoms with van der Waals surface area (Å²) in [6.45, 7) is 10.7. The van der Waals surface area contributed by atoms with Gasteiger partial charge in [0.05, 0.1) is 18.9 Å². The summed E-state index contributed by atoms with van der Waals surface area (Å²) in [6, 6.07) is 23.4. The molecule has 0 radical (unpaired) electrons. The summed E-state index contributed by atoms with van der Waals surface area (Å²) in [6.07, 6.45) is 12.0. The average molecular weight is 829 g/mol. The van der Waals surface area contributed by atoms with Crippen LogP contribution >= 0.6 is 11.6 Å². The minimum atomic E-state index is -0.141. The van der Waals surface area contributed by atoms with Gasteiger partial charge in [0.1, 0.15) is 23.7 Å². The third kappa shape index (κ3) is 9.78. The number of aryl methyl sites for hydroxylation is 1. The molecule has 3 amide bonds. The van der Waals surface area contributed by atoms with Gasteiger partial charge in [0.15, 0.2) is 0 Å². The topological polar surface area (TPSA) is 118 Å². The maximum Gasteiger partial charge on any atom is 0.256 e. The van der Waals surface area contributed by atoms with E-state index >= 15 is 0 Å². The zero-order valence-electron chi connectivity index (χ0n) is 34.6. The Morgan fingerprint density at radius 2 is 1.58 bits per heavy atom. The molecule has 0 spiro atoms. The standard InChI is InChI=1S/C29H35N3O4.C20H18ClNO2/c1-20(33)30-23-8-9-24-26(29(34)31-27(24)19-23)18-21-7-10-28(25(17-21)22-5-3-2-4-6-22)36-16-13-32-11-14-35-15-12-32;1-20(2)8-7-13-9-12(3-6-18(13)24-20)10-16-15-11-14(21)4-5-17(15)22-19(16)23/h7-10,17-19,22H,2-6,11-16H2,1H3,(H,30,33)(H,31,34);3-6,9-11H,7-8H2,1-2H3,(H,22,23). The van der Waals surface area contributed by atoms with E-state index in [1.807, 2.05) is 54.6 Å². The SMILES string of the molecule is CC(=O)Nc1ccc2c(c1)NC(=O)C2=Cc1ccc(OCCN2CCOCC2)c(C2CCCCC2)c1.CC1(C)CCc2cc(C=C3C(=O)Nc4ccc(Cl)cc43)ccc2O1. The highest BCUT2D eigenvalue weighted by Crippen LogP contribution is 2.41. The fraction of sp³-hybridized carbons (Fsp3) is 0.367. The molecule has 11 heteroatoms. The molecule has 1 aliphatic carbocycles. The van der Waals surface area contributed by atoms with Crippen molar-refractivity contribution in [2.24, 2.45) is 0 Å². The highest BCUT2D eigenvalue weighted by atomic mass is 35.5. The molecule has 4 heterocycles. The Bertz CT molecular complexity index is 2360. The second kappa shape index (κ2) is 18.1. The highest BCUT2D eigenvalue weighted by molar-refractivity contribution is 6.37. The molecule has 4 aromatic carbocycles. The van der Waals surface area contributed by atoms with Crippen LogP contribution in [0.25, 0.3) is 23.3 Å². The fourth-order valence-corrected chi connectivity index (χ4v) is 8.83. The first-order valence-electron chi connectivity index (χ1n) is 21.1. The first-order chi connectivity index (χ1) is 29.0. The zero-order valence-corrected chi connectivity index (χ0v) is 35.4. The molecule has 10 nitrogen and oxygen atoms in total. The van der Waals surface area contributed by atoms with E-state index in [4.69, 9.17) is 25.8 Å². The molecule has 9 rings (SSSR count). The number of carbonyl (C=O) groups excluding carboxylic acids is 3. The summed E-state index contributed by atoms with van der Waals surface area (Å²) >= 11 is 6.08. The number of nitrogens with zero attached hydrogens (tertiary/aromatic N) is 1. The van der Waals surface area contributed by atoms with E-state index in [1.165, 1.54) is 50.2 Å². The average Bonchev–Trinajstić information content (AvgIpc) is 3.71.